The first-order valence-corrected chi connectivity index (χ1v) is 8.41. The van der Waals surface area contributed by atoms with E-state index in [-0.39, 0.29) is 11.8 Å². The van der Waals surface area contributed by atoms with E-state index in [0.717, 1.165) is 10.4 Å². The third-order valence-corrected chi connectivity index (χ3v) is 4.63. The summed E-state index contributed by atoms with van der Waals surface area (Å²) in [7, 11) is 1.82. The molecule has 2 N–H and O–H groups in total. The monoisotopic (exact) mass is 357 g/mol. The third kappa shape index (κ3) is 4.68. The number of carbonyl (C=O) groups excluding carboxylic acids is 1. The predicted octanol–water partition coefficient (Wildman–Crippen LogP) is 3.83. The predicted molar refractivity (Wildman–Crippen MR) is 93.1 cm³/mol. The molecule has 1 unspecified atom stereocenters. The standard InChI is InChI=1S/C15H17Cl2N3OS/c1-9(7-18-2)14(21)20-15-19-8-12(22-15)6-10-5-11(16)3-4-13(10)17/h3-5,8-9,18H,6-7H2,1-2H3,(H,19,20,21). The fourth-order valence-electron chi connectivity index (χ4n) is 1.94. The number of nitrogens with zero attached hydrogens (tertiary/aromatic N) is 1. The Balaban J connectivity index is 2.02. The van der Waals surface area contributed by atoms with Gasteiger partial charge >= 0.3 is 0 Å². The molecule has 0 spiro atoms. The second kappa shape index (κ2) is 7.92. The van der Waals surface area contributed by atoms with Crippen LogP contribution in [0.2, 0.25) is 10.0 Å². The Morgan fingerprint density at radius 1 is 1.41 bits per heavy atom. The van der Waals surface area contributed by atoms with Crippen LogP contribution in [0.1, 0.15) is 17.4 Å². The summed E-state index contributed by atoms with van der Waals surface area (Å²) in [4.78, 5) is 17.2. The van der Waals surface area contributed by atoms with Crippen molar-refractivity contribution in [3.05, 3.63) is 44.9 Å². The zero-order chi connectivity index (χ0) is 16.1. The minimum absolute atomic E-state index is 0.0453. The largest absolute Gasteiger partial charge is 0.319 e. The van der Waals surface area contributed by atoms with Crippen LogP contribution < -0.4 is 10.6 Å². The van der Waals surface area contributed by atoms with Crippen LogP contribution in [-0.4, -0.2) is 24.5 Å². The summed E-state index contributed by atoms with van der Waals surface area (Å²) in [6.45, 7) is 2.49. The molecule has 22 heavy (non-hydrogen) atoms. The lowest BCUT2D eigenvalue weighted by Crippen LogP contribution is -2.28. The van der Waals surface area contributed by atoms with Crippen LogP contribution in [0.5, 0.6) is 0 Å². The number of thiazole rings is 1. The molecule has 4 nitrogen and oxygen atoms in total. The quantitative estimate of drug-likeness (QED) is 0.825. The molecule has 0 bridgehead atoms. The number of hydrogen-bond donors (Lipinski definition) is 2. The van der Waals surface area contributed by atoms with Gasteiger partial charge in [0.25, 0.3) is 0 Å². The van der Waals surface area contributed by atoms with Crippen molar-refractivity contribution in [2.75, 3.05) is 18.9 Å². The minimum Gasteiger partial charge on any atom is -0.319 e. The van der Waals surface area contributed by atoms with Gasteiger partial charge in [0.2, 0.25) is 5.91 Å². The number of anilines is 1. The number of benzene rings is 1. The Hall–Kier alpha value is -1.14. The van der Waals surface area contributed by atoms with Gasteiger partial charge in [0, 0.05) is 40.0 Å². The van der Waals surface area contributed by atoms with E-state index >= 15 is 0 Å². The Bertz CT molecular complexity index is 660. The third-order valence-electron chi connectivity index (χ3n) is 3.11. The second-order valence-corrected chi connectivity index (χ2v) is 6.95. The van der Waals surface area contributed by atoms with Crippen LogP contribution in [0.25, 0.3) is 0 Å². The zero-order valence-corrected chi connectivity index (χ0v) is 14.6. The Labute approximate surface area is 143 Å². The molecule has 0 aliphatic carbocycles. The first-order valence-electron chi connectivity index (χ1n) is 6.83. The molecule has 1 aromatic heterocycles. The summed E-state index contributed by atoms with van der Waals surface area (Å²) in [5, 5.41) is 7.73. The van der Waals surface area contributed by atoms with Gasteiger partial charge in [0.1, 0.15) is 0 Å². The number of aromatic nitrogens is 1. The van der Waals surface area contributed by atoms with Crippen LogP contribution in [0.4, 0.5) is 5.13 Å². The van der Waals surface area contributed by atoms with Gasteiger partial charge in [-0.15, -0.1) is 11.3 Å². The molecule has 0 radical (unpaired) electrons. The molecule has 0 aliphatic rings. The molecular formula is C15H17Cl2N3OS. The molecule has 1 atom stereocenters. The Kier molecular flexibility index (Phi) is 6.20. The van der Waals surface area contributed by atoms with E-state index in [0.29, 0.717) is 28.1 Å². The number of halogens is 2. The Morgan fingerprint density at radius 3 is 2.91 bits per heavy atom. The Morgan fingerprint density at radius 2 is 2.18 bits per heavy atom. The van der Waals surface area contributed by atoms with E-state index in [1.165, 1.54) is 11.3 Å². The van der Waals surface area contributed by atoms with Crippen molar-refractivity contribution in [1.82, 2.24) is 10.3 Å². The minimum atomic E-state index is -0.111. The number of rotatable bonds is 6. The summed E-state index contributed by atoms with van der Waals surface area (Å²) in [5.41, 5.74) is 0.944. The SMILES string of the molecule is CNCC(C)C(=O)Nc1ncc(Cc2cc(Cl)ccc2Cl)s1. The van der Waals surface area contributed by atoms with Crippen LogP contribution >= 0.6 is 34.5 Å². The highest BCUT2D eigenvalue weighted by Gasteiger charge is 2.14. The van der Waals surface area contributed by atoms with Crippen molar-refractivity contribution < 1.29 is 4.79 Å². The molecule has 7 heteroatoms. The maximum absolute atomic E-state index is 11.9. The normalized spacial score (nSPS) is 12.2. The highest BCUT2D eigenvalue weighted by atomic mass is 35.5. The van der Waals surface area contributed by atoms with E-state index in [1.54, 1.807) is 18.3 Å². The van der Waals surface area contributed by atoms with Crippen molar-refractivity contribution in [1.29, 1.82) is 0 Å². The first-order chi connectivity index (χ1) is 10.5. The fourth-order valence-corrected chi connectivity index (χ4v) is 3.16. The molecule has 1 heterocycles. The molecule has 1 aromatic carbocycles. The van der Waals surface area contributed by atoms with Crippen LogP contribution in [0.15, 0.2) is 24.4 Å². The summed E-state index contributed by atoms with van der Waals surface area (Å²) < 4.78 is 0. The second-order valence-electron chi connectivity index (χ2n) is 4.99. The van der Waals surface area contributed by atoms with E-state index in [9.17, 15) is 4.79 Å². The van der Waals surface area contributed by atoms with Gasteiger partial charge in [0.15, 0.2) is 5.13 Å². The lowest BCUT2D eigenvalue weighted by atomic mass is 10.1. The molecule has 118 valence electrons. The summed E-state index contributed by atoms with van der Waals surface area (Å²) in [6.07, 6.45) is 2.39. The van der Waals surface area contributed by atoms with Crippen molar-refractivity contribution in [3.8, 4) is 0 Å². The van der Waals surface area contributed by atoms with Gasteiger partial charge in [-0.1, -0.05) is 30.1 Å². The number of carbonyl (C=O) groups is 1. The fraction of sp³-hybridized carbons (Fsp3) is 0.333. The van der Waals surface area contributed by atoms with Gasteiger partial charge < -0.3 is 10.6 Å². The smallest absolute Gasteiger partial charge is 0.230 e. The molecule has 0 fully saturated rings. The molecule has 0 aliphatic heterocycles. The van der Waals surface area contributed by atoms with E-state index in [1.807, 2.05) is 20.0 Å². The summed E-state index contributed by atoms with van der Waals surface area (Å²) >= 11 is 13.6. The number of nitrogens with one attached hydrogen (secondary N) is 2. The van der Waals surface area contributed by atoms with Crippen LogP contribution in [0, 0.1) is 5.92 Å². The van der Waals surface area contributed by atoms with Gasteiger partial charge in [0.05, 0.1) is 0 Å². The van der Waals surface area contributed by atoms with Crippen molar-refractivity contribution in [2.24, 2.45) is 5.92 Å². The van der Waals surface area contributed by atoms with Gasteiger partial charge in [-0.05, 0) is 30.8 Å². The van der Waals surface area contributed by atoms with E-state index in [4.69, 9.17) is 23.2 Å². The lowest BCUT2D eigenvalue weighted by molar-refractivity contribution is -0.119. The highest BCUT2D eigenvalue weighted by Crippen LogP contribution is 2.27. The highest BCUT2D eigenvalue weighted by molar-refractivity contribution is 7.15. The summed E-state index contributed by atoms with van der Waals surface area (Å²) in [6, 6.07) is 5.38. The topological polar surface area (TPSA) is 54.0 Å². The van der Waals surface area contributed by atoms with Gasteiger partial charge in [-0.25, -0.2) is 4.98 Å². The van der Waals surface area contributed by atoms with Crippen molar-refractivity contribution >= 4 is 45.6 Å². The number of amides is 1. The maximum atomic E-state index is 11.9. The van der Waals surface area contributed by atoms with E-state index < -0.39 is 0 Å². The molecule has 2 rings (SSSR count). The van der Waals surface area contributed by atoms with Crippen molar-refractivity contribution in [2.45, 2.75) is 13.3 Å². The lowest BCUT2D eigenvalue weighted by Gasteiger charge is -2.09. The molecule has 0 saturated heterocycles. The molecular weight excluding hydrogens is 341 g/mol. The summed E-state index contributed by atoms with van der Waals surface area (Å²) in [5.74, 6) is -0.157. The van der Waals surface area contributed by atoms with E-state index in [2.05, 4.69) is 15.6 Å². The van der Waals surface area contributed by atoms with Crippen molar-refractivity contribution in [3.63, 3.8) is 0 Å². The maximum Gasteiger partial charge on any atom is 0.230 e. The van der Waals surface area contributed by atoms with Gasteiger partial charge in [-0.3, -0.25) is 4.79 Å². The van der Waals surface area contributed by atoms with Gasteiger partial charge in [-0.2, -0.15) is 0 Å². The first kappa shape index (κ1) is 17.2. The molecule has 1 amide bonds. The average Bonchev–Trinajstić information content (AvgIpc) is 2.90. The van der Waals surface area contributed by atoms with Crippen LogP contribution in [-0.2, 0) is 11.2 Å². The average molecular weight is 358 g/mol. The molecule has 0 saturated carbocycles. The molecule has 2 aromatic rings. The zero-order valence-electron chi connectivity index (χ0n) is 12.3. The van der Waals surface area contributed by atoms with Crippen LogP contribution in [0.3, 0.4) is 0 Å². The number of hydrogen-bond acceptors (Lipinski definition) is 4.